The highest BCUT2D eigenvalue weighted by molar-refractivity contribution is 6.14. The van der Waals surface area contributed by atoms with E-state index in [1.165, 1.54) is 5.56 Å². The number of amides is 1. The molecule has 0 radical (unpaired) electrons. The Morgan fingerprint density at radius 1 is 1.14 bits per heavy atom. The molecule has 1 N–H and O–H groups in total. The first-order chi connectivity index (χ1) is 13.8. The molecule has 5 heteroatoms. The number of ketones is 1. The average Bonchev–Trinajstić information content (AvgIpc) is 3.05. The number of hydrogen-bond donors (Lipinski definition) is 1. The molecule has 0 saturated heterocycles. The molecule has 0 unspecified atom stereocenters. The predicted molar refractivity (Wildman–Crippen MR) is 113 cm³/mol. The van der Waals surface area contributed by atoms with Crippen molar-refractivity contribution in [2.24, 2.45) is 0 Å². The van der Waals surface area contributed by atoms with Crippen LogP contribution in [0.1, 0.15) is 65.7 Å². The van der Waals surface area contributed by atoms with Crippen LogP contribution in [0.5, 0.6) is 5.75 Å². The first-order valence-electron chi connectivity index (χ1n) is 10.0. The fourth-order valence-electron chi connectivity index (χ4n) is 3.84. The lowest BCUT2D eigenvalue weighted by molar-refractivity contribution is 0.0503. The Morgan fingerprint density at radius 2 is 1.86 bits per heavy atom. The smallest absolute Gasteiger partial charge is 0.291 e. The summed E-state index contributed by atoms with van der Waals surface area (Å²) < 4.78 is 12.0. The maximum Gasteiger partial charge on any atom is 0.291 e. The Bertz CT molecular complexity index is 1110. The largest absolute Gasteiger partial charge is 0.486 e. The number of aryl methyl sites for hydroxylation is 2. The fraction of sp³-hybridized carbons (Fsp3) is 0.333. The SMILES string of the molecule is CCc1ccc(NC(=O)c2oc3ccc4c(c3c2C)C(=O)C[C@@](C)(CC)O4)cc1. The minimum atomic E-state index is -0.500. The molecule has 2 heterocycles. The summed E-state index contributed by atoms with van der Waals surface area (Å²) in [6, 6.07) is 11.2. The van der Waals surface area contributed by atoms with E-state index in [1.54, 1.807) is 12.1 Å². The molecule has 4 rings (SSSR count). The number of hydrogen-bond acceptors (Lipinski definition) is 4. The van der Waals surface area contributed by atoms with Crippen LogP contribution >= 0.6 is 0 Å². The molecular weight excluding hydrogens is 366 g/mol. The molecule has 2 aromatic carbocycles. The van der Waals surface area contributed by atoms with Gasteiger partial charge in [-0.3, -0.25) is 9.59 Å². The van der Waals surface area contributed by atoms with Crippen molar-refractivity contribution < 1.29 is 18.7 Å². The van der Waals surface area contributed by atoms with E-state index in [0.29, 0.717) is 40.0 Å². The summed E-state index contributed by atoms with van der Waals surface area (Å²) in [6.45, 7) is 7.85. The summed E-state index contributed by atoms with van der Waals surface area (Å²) in [7, 11) is 0. The second-order valence-corrected chi connectivity index (χ2v) is 7.88. The van der Waals surface area contributed by atoms with Gasteiger partial charge in [-0.1, -0.05) is 26.0 Å². The Labute approximate surface area is 170 Å². The predicted octanol–water partition coefficient (Wildman–Crippen LogP) is 5.69. The van der Waals surface area contributed by atoms with E-state index in [1.807, 2.05) is 45.0 Å². The number of nitrogens with one attached hydrogen (secondary N) is 1. The molecule has 1 aliphatic rings. The molecule has 3 aromatic rings. The molecule has 29 heavy (non-hydrogen) atoms. The lowest BCUT2D eigenvalue weighted by Gasteiger charge is -2.34. The standard InChI is InChI=1S/C24H25NO4/c1-5-15-7-9-16(10-8-15)25-23(27)22-14(3)20-18(28-22)11-12-19-21(20)17(26)13-24(4,6-2)29-19/h7-12H,5-6,13H2,1-4H3,(H,25,27)/t24-/m1/s1. The molecule has 0 bridgehead atoms. The first-order valence-corrected chi connectivity index (χ1v) is 10.0. The lowest BCUT2D eigenvalue weighted by Crippen LogP contribution is -2.38. The van der Waals surface area contributed by atoms with Crippen LogP contribution in [0.2, 0.25) is 0 Å². The molecule has 0 spiro atoms. The average molecular weight is 391 g/mol. The van der Waals surface area contributed by atoms with Crippen LogP contribution in [0.4, 0.5) is 5.69 Å². The van der Waals surface area contributed by atoms with E-state index in [9.17, 15) is 9.59 Å². The summed E-state index contributed by atoms with van der Waals surface area (Å²) in [5.74, 6) is 0.459. The molecule has 1 aliphatic heterocycles. The third kappa shape index (κ3) is 3.31. The number of Topliss-reactive ketones (excluding diaryl/α,β-unsaturated/α-hetero) is 1. The van der Waals surface area contributed by atoms with Crippen LogP contribution in [0.3, 0.4) is 0 Å². The number of benzene rings is 2. The molecule has 1 atom stereocenters. The number of rotatable bonds is 4. The summed E-state index contributed by atoms with van der Waals surface area (Å²) in [6.07, 6.45) is 1.99. The summed E-state index contributed by atoms with van der Waals surface area (Å²) in [5, 5.41) is 3.54. The number of ether oxygens (including phenoxy) is 1. The number of anilines is 1. The first kappa shape index (κ1) is 19.2. The molecule has 0 fully saturated rings. The summed E-state index contributed by atoms with van der Waals surface area (Å²) in [5.41, 5.74) is 3.09. The molecule has 1 amide bonds. The van der Waals surface area contributed by atoms with Crippen molar-refractivity contribution in [3.63, 3.8) is 0 Å². The van der Waals surface area contributed by atoms with Crippen molar-refractivity contribution in [1.29, 1.82) is 0 Å². The van der Waals surface area contributed by atoms with Gasteiger partial charge < -0.3 is 14.5 Å². The topological polar surface area (TPSA) is 68.5 Å². The Balaban J connectivity index is 1.72. The van der Waals surface area contributed by atoms with E-state index in [0.717, 1.165) is 12.8 Å². The van der Waals surface area contributed by atoms with Crippen molar-refractivity contribution in [2.75, 3.05) is 5.32 Å². The molecular formula is C24H25NO4. The van der Waals surface area contributed by atoms with Crippen LogP contribution < -0.4 is 10.1 Å². The van der Waals surface area contributed by atoms with Gasteiger partial charge in [0.15, 0.2) is 11.5 Å². The van der Waals surface area contributed by atoms with Crippen molar-refractivity contribution in [3.8, 4) is 5.75 Å². The normalized spacial score (nSPS) is 18.4. The zero-order valence-corrected chi connectivity index (χ0v) is 17.2. The fourth-order valence-corrected chi connectivity index (χ4v) is 3.84. The molecule has 0 aliphatic carbocycles. The summed E-state index contributed by atoms with van der Waals surface area (Å²) >= 11 is 0. The number of carbonyl (C=O) groups excluding carboxylic acids is 2. The monoisotopic (exact) mass is 391 g/mol. The van der Waals surface area contributed by atoms with Gasteiger partial charge in [0.2, 0.25) is 0 Å². The second-order valence-electron chi connectivity index (χ2n) is 7.88. The number of carbonyl (C=O) groups is 2. The maximum atomic E-state index is 12.9. The van der Waals surface area contributed by atoms with Gasteiger partial charge in [-0.05, 0) is 56.5 Å². The van der Waals surface area contributed by atoms with Crippen molar-refractivity contribution in [2.45, 2.75) is 52.6 Å². The van der Waals surface area contributed by atoms with E-state index >= 15 is 0 Å². The molecule has 5 nitrogen and oxygen atoms in total. The minimum absolute atomic E-state index is 0.0206. The Morgan fingerprint density at radius 3 is 2.52 bits per heavy atom. The third-order valence-corrected chi connectivity index (χ3v) is 5.80. The molecule has 150 valence electrons. The van der Waals surface area contributed by atoms with Crippen LogP contribution in [0.15, 0.2) is 40.8 Å². The zero-order chi connectivity index (χ0) is 20.8. The van der Waals surface area contributed by atoms with Gasteiger partial charge in [0.05, 0.1) is 12.0 Å². The van der Waals surface area contributed by atoms with Crippen molar-refractivity contribution >= 4 is 28.3 Å². The maximum absolute atomic E-state index is 12.9. The van der Waals surface area contributed by atoms with Crippen LogP contribution in [0.25, 0.3) is 11.0 Å². The molecule has 1 aromatic heterocycles. The quantitative estimate of drug-likeness (QED) is 0.620. The highest BCUT2D eigenvalue weighted by Crippen LogP contribution is 2.41. The minimum Gasteiger partial charge on any atom is -0.486 e. The van der Waals surface area contributed by atoms with Crippen molar-refractivity contribution in [1.82, 2.24) is 0 Å². The number of fused-ring (bicyclic) bond motifs is 3. The summed E-state index contributed by atoms with van der Waals surface area (Å²) in [4.78, 5) is 25.8. The van der Waals surface area contributed by atoms with Gasteiger partial charge >= 0.3 is 0 Å². The highest BCUT2D eigenvalue weighted by Gasteiger charge is 2.37. The van der Waals surface area contributed by atoms with Gasteiger partial charge in [0, 0.05) is 16.6 Å². The van der Waals surface area contributed by atoms with Gasteiger partial charge in [0.1, 0.15) is 16.9 Å². The van der Waals surface area contributed by atoms with Crippen LogP contribution in [-0.2, 0) is 6.42 Å². The second kappa shape index (κ2) is 7.07. The highest BCUT2D eigenvalue weighted by atomic mass is 16.5. The number of furan rings is 1. The van der Waals surface area contributed by atoms with Gasteiger partial charge in [-0.15, -0.1) is 0 Å². The Kier molecular flexibility index (Phi) is 4.69. The van der Waals surface area contributed by atoms with E-state index < -0.39 is 5.60 Å². The van der Waals surface area contributed by atoms with Crippen molar-refractivity contribution in [3.05, 3.63) is 58.8 Å². The molecule has 0 saturated carbocycles. The van der Waals surface area contributed by atoms with Gasteiger partial charge in [-0.2, -0.15) is 0 Å². The van der Waals surface area contributed by atoms with E-state index in [-0.39, 0.29) is 17.5 Å². The van der Waals surface area contributed by atoms with E-state index in [2.05, 4.69) is 12.2 Å². The zero-order valence-electron chi connectivity index (χ0n) is 17.2. The van der Waals surface area contributed by atoms with E-state index in [4.69, 9.17) is 9.15 Å². The van der Waals surface area contributed by atoms with Gasteiger partial charge in [-0.25, -0.2) is 0 Å². The van der Waals surface area contributed by atoms with Gasteiger partial charge in [0.25, 0.3) is 5.91 Å². The lowest BCUT2D eigenvalue weighted by atomic mass is 9.87. The third-order valence-electron chi connectivity index (χ3n) is 5.80. The van der Waals surface area contributed by atoms with Crippen LogP contribution in [-0.4, -0.2) is 17.3 Å². The Hall–Kier alpha value is -3.08. The van der Waals surface area contributed by atoms with Crippen LogP contribution in [0, 0.1) is 6.92 Å².